The van der Waals surface area contributed by atoms with Crippen LogP contribution in [0.5, 0.6) is 0 Å². The molecule has 3 heteroatoms. The van der Waals surface area contributed by atoms with Crippen LogP contribution in [0.3, 0.4) is 0 Å². The van der Waals surface area contributed by atoms with Gasteiger partial charge in [-0.3, -0.25) is 0 Å². The monoisotopic (exact) mass is 301 g/mol. The third-order valence-electron chi connectivity index (χ3n) is 3.33. The highest BCUT2D eigenvalue weighted by molar-refractivity contribution is 9.08. The molecule has 1 aliphatic rings. The minimum atomic E-state index is 0.860. The highest BCUT2D eigenvalue weighted by atomic mass is 79.9. The van der Waals surface area contributed by atoms with Gasteiger partial charge in [0.25, 0.3) is 0 Å². The summed E-state index contributed by atoms with van der Waals surface area (Å²) in [4.78, 5) is 2.28. The first-order valence-corrected chi connectivity index (χ1v) is 7.26. The van der Waals surface area contributed by atoms with Crippen LogP contribution < -0.4 is 4.90 Å². The molecule has 1 nitrogen and oxygen atoms in total. The number of halogens is 2. The van der Waals surface area contributed by atoms with Gasteiger partial charge < -0.3 is 4.90 Å². The van der Waals surface area contributed by atoms with E-state index in [1.807, 2.05) is 6.07 Å². The molecular weight excluding hydrogens is 286 g/mol. The van der Waals surface area contributed by atoms with Crippen molar-refractivity contribution in [3.63, 3.8) is 0 Å². The van der Waals surface area contributed by atoms with Crippen molar-refractivity contribution in [3.8, 4) is 0 Å². The largest absolute Gasteiger partial charge is 0.373 e. The van der Waals surface area contributed by atoms with Crippen LogP contribution >= 0.6 is 27.5 Å². The second-order valence-corrected chi connectivity index (χ2v) is 5.56. The molecule has 0 atom stereocenters. The van der Waals surface area contributed by atoms with Crippen LogP contribution in [0, 0.1) is 5.92 Å². The van der Waals surface area contributed by atoms with Crippen LogP contribution in [0.25, 0.3) is 0 Å². The zero-order valence-corrected chi connectivity index (χ0v) is 11.9. The molecule has 1 fully saturated rings. The maximum Gasteiger partial charge on any atom is 0.0642 e. The molecule has 1 aliphatic carbocycles. The molecule has 0 spiro atoms. The summed E-state index contributed by atoms with van der Waals surface area (Å²) in [5.74, 6) is 0.872. The molecule has 0 aliphatic heterocycles. The summed E-state index contributed by atoms with van der Waals surface area (Å²) in [6.07, 6.45) is 4.15. The smallest absolute Gasteiger partial charge is 0.0642 e. The summed E-state index contributed by atoms with van der Waals surface area (Å²) < 4.78 is 0. The summed E-state index contributed by atoms with van der Waals surface area (Å²) in [7, 11) is 2.13. The summed E-state index contributed by atoms with van der Waals surface area (Å²) >= 11 is 9.73. The molecule has 0 unspecified atom stereocenters. The zero-order valence-electron chi connectivity index (χ0n) is 9.55. The fourth-order valence-electron chi connectivity index (χ4n) is 2.10. The molecule has 1 aromatic carbocycles. The average Bonchev–Trinajstić information content (AvgIpc) is 2.23. The van der Waals surface area contributed by atoms with Crippen molar-refractivity contribution in [2.75, 3.05) is 18.5 Å². The van der Waals surface area contributed by atoms with Gasteiger partial charge in [-0.1, -0.05) is 40.0 Å². The minimum Gasteiger partial charge on any atom is -0.373 e. The molecule has 16 heavy (non-hydrogen) atoms. The van der Waals surface area contributed by atoms with E-state index in [0.29, 0.717) is 0 Å². The Morgan fingerprint density at radius 1 is 1.44 bits per heavy atom. The number of anilines is 1. The Labute approximate surface area is 111 Å². The molecule has 1 aromatic rings. The zero-order chi connectivity index (χ0) is 11.5. The summed E-state index contributed by atoms with van der Waals surface area (Å²) in [6.45, 7) is 1.13. The van der Waals surface area contributed by atoms with Crippen LogP contribution in [0.2, 0.25) is 5.02 Å². The van der Waals surface area contributed by atoms with Gasteiger partial charge in [-0.05, 0) is 36.5 Å². The van der Waals surface area contributed by atoms with Crippen molar-refractivity contribution in [2.45, 2.75) is 24.6 Å². The van der Waals surface area contributed by atoms with Gasteiger partial charge in [0.2, 0.25) is 0 Å². The minimum absolute atomic E-state index is 0.860. The van der Waals surface area contributed by atoms with Crippen molar-refractivity contribution < 1.29 is 0 Å². The number of benzene rings is 1. The molecule has 0 saturated heterocycles. The van der Waals surface area contributed by atoms with E-state index in [-0.39, 0.29) is 0 Å². The number of alkyl halides is 1. The van der Waals surface area contributed by atoms with Crippen molar-refractivity contribution in [1.82, 2.24) is 0 Å². The SMILES string of the molecule is CN(CC1CCC1)c1ccc(CBr)cc1Cl. The van der Waals surface area contributed by atoms with Crippen molar-refractivity contribution >= 4 is 33.2 Å². The quantitative estimate of drug-likeness (QED) is 0.742. The van der Waals surface area contributed by atoms with Crippen LogP contribution in [-0.4, -0.2) is 13.6 Å². The summed E-state index contributed by atoms with van der Waals surface area (Å²) in [6, 6.07) is 6.30. The standard InChI is InChI=1S/C13H17BrClN/c1-16(9-10-3-2-4-10)13-6-5-11(8-14)7-12(13)15/h5-7,10H,2-4,8-9H2,1H3. The summed E-state index contributed by atoms with van der Waals surface area (Å²) in [5.41, 5.74) is 2.38. The highest BCUT2D eigenvalue weighted by Crippen LogP contribution is 2.31. The van der Waals surface area contributed by atoms with Gasteiger partial charge in [-0.2, -0.15) is 0 Å². The van der Waals surface area contributed by atoms with E-state index in [2.05, 4.69) is 40.0 Å². The molecule has 0 bridgehead atoms. The van der Waals surface area contributed by atoms with E-state index in [0.717, 1.165) is 28.5 Å². The number of hydrogen-bond donors (Lipinski definition) is 0. The van der Waals surface area contributed by atoms with Gasteiger partial charge in [0.05, 0.1) is 10.7 Å². The van der Waals surface area contributed by atoms with E-state index < -0.39 is 0 Å². The van der Waals surface area contributed by atoms with Gasteiger partial charge in [0.15, 0.2) is 0 Å². The Morgan fingerprint density at radius 2 is 2.19 bits per heavy atom. The molecule has 2 rings (SSSR count). The maximum atomic E-state index is 6.29. The molecular formula is C13H17BrClN. The molecule has 0 radical (unpaired) electrons. The average molecular weight is 303 g/mol. The Bertz CT molecular complexity index is 363. The third-order valence-corrected chi connectivity index (χ3v) is 4.28. The fourth-order valence-corrected chi connectivity index (χ4v) is 2.80. The molecule has 88 valence electrons. The van der Waals surface area contributed by atoms with Crippen LogP contribution in [0.4, 0.5) is 5.69 Å². The maximum absolute atomic E-state index is 6.29. The lowest BCUT2D eigenvalue weighted by Gasteiger charge is -2.31. The van der Waals surface area contributed by atoms with Gasteiger partial charge in [-0.15, -0.1) is 0 Å². The molecule has 1 saturated carbocycles. The second-order valence-electron chi connectivity index (χ2n) is 4.60. The van der Waals surface area contributed by atoms with Crippen molar-refractivity contribution in [2.24, 2.45) is 5.92 Å². The Hall–Kier alpha value is -0.210. The van der Waals surface area contributed by atoms with Crippen LogP contribution in [0.1, 0.15) is 24.8 Å². The highest BCUT2D eigenvalue weighted by Gasteiger charge is 2.20. The topological polar surface area (TPSA) is 3.24 Å². The second kappa shape index (κ2) is 5.42. The fraction of sp³-hybridized carbons (Fsp3) is 0.538. The lowest BCUT2D eigenvalue weighted by atomic mass is 9.85. The first-order valence-electron chi connectivity index (χ1n) is 5.76. The van der Waals surface area contributed by atoms with Gasteiger partial charge in [0, 0.05) is 18.9 Å². The Balaban J connectivity index is 2.06. The Kier molecular flexibility index (Phi) is 4.15. The molecule has 0 heterocycles. The molecule has 0 N–H and O–H groups in total. The van der Waals surface area contributed by atoms with Gasteiger partial charge in [-0.25, -0.2) is 0 Å². The van der Waals surface area contributed by atoms with E-state index in [1.165, 1.54) is 24.8 Å². The number of rotatable bonds is 4. The van der Waals surface area contributed by atoms with Gasteiger partial charge >= 0.3 is 0 Å². The third kappa shape index (κ3) is 2.72. The predicted octanol–water partition coefficient (Wildman–Crippen LogP) is 4.47. The Morgan fingerprint density at radius 3 is 2.69 bits per heavy atom. The first-order chi connectivity index (χ1) is 7.70. The van der Waals surface area contributed by atoms with Crippen molar-refractivity contribution in [3.05, 3.63) is 28.8 Å². The van der Waals surface area contributed by atoms with E-state index in [9.17, 15) is 0 Å². The van der Waals surface area contributed by atoms with Gasteiger partial charge in [0.1, 0.15) is 0 Å². The van der Waals surface area contributed by atoms with E-state index in [1.54, 1.807) is 0 Å². The van der Waals surface area contributed by atoms with Crippen LogP contribution in [-0.2, 0) is 5.33 Å². The first kappa shape index (κ1) is 12.3. The normalized spacial score (nSPS) is 15.9. The van der Waals surface area contributed by atoms with E-state index in [4.69, 9.17) is 11.6 Å². The number of hydrogen-bond acceptors (Lipinski definition) is 1. The van der Waals surface area contributed by atoms with Crippen molar-refractivity contribution in [1.29, 1.82) is 0 Å². The number of nitrogens with zero attached hydrogens (tertiary/aromatic N) is 1. The molecule has 0 amide bonds. The summed E-state index contributed by atoms with van der Waals surface area (Å²) in [5, 5.41) is 1.72. The van der Waals surface area contributed by atoms with E-state index >= 15 is 0 Å². The lowest BCUT2D eigenvalue weighted by Crippen LogP contribution is -2.29. The lowest BCUT2D eigenvalue weighted by molar-refractivity contribution is 0.321. The van der Waals surface area contributed by atoms with Crippen LogP contribution in [0.15, 0.2) is 18.2 Å². The molecule has 0 aromatic heterocycles. The predicted molar refractivity (Wildman–Crippen MR) is 74.7 cm³/mol.